The minimum Gasteiger partial charge on any atom is -0.494 e. The number of anilines is 1. The zero-order chi connectivity index (χ0) is 14.8. The van der Waals surface area contributed by atoms with Gasteiger partial charge < -0.3 is 15.8 Å². The maximum Gasteiger partial charge on any atom is 0.119 e. The predicted molar refractivity (Wildman–Crippen MR) is 87.4 cm³/mol. The van der Waals surface area contributed by atoms with Crippen LogP contribution in [-0.2, 0) is 0 Å². The Labute approximate surface area is 123 Å². The Morgan fingerprint density at radius 3 is 2.45 bits per heavy atom. The van der Waals surface area contributed by atoms with Crippen molar-refractivity contribution in [3.8, 4) is 5.75 Å². The van der Waals surface area contributed by atoms with Crippen LogP contribution in [0.15, 0.2) is 24.3 Å². The van der Waals surface area contributed by atoms with Gasteiger partial charge in [-0.2, -0.15) is 0 Å². The van der Waals surface area contributed by atoms with Crippen molar-refractivity contribution in [2.24, 2.45) is 11.7 Å². The lowest BCUT2D eigenvalue weighted by Crippen LogP contribution is -2.30. The van der Waals surface area contributed by atoms with Crippen molar-refractivity contribution in [1.82, 2.24) is 0 Å². The molecule has 0 amide bonds. The van der Waals surface area contributed by atoms with E-state index in [1.54, 1.807) is 0 Å². The van der Waals surface area contributed by atoms with Gasteiger partial charge in [0.2, 0.25) is 0 Å². The summed E-state index contributed by atoms with van der Waals surface area (Å²) in [5.74, 6) is 1.59. The van der Waals surface area contributed by atoms with E-state index in [2.05, 4.69) is 38.2 Å². The fourth-order valence-corrected chi connectivity index (χ4v) is 2.15. The molecule has 1 aromatic rings. The Balaban J connectivity index is 2.27. The Morgan fingerprint density at radius 1 is 1.15 bits per heavy atom. The summed E-state index contributed by atoms with van der Waals surface area (Å²) in [5.41, 5.74) is 7.16. The summed E-state index contributed by atoms with van der Waals surface area (Å²) < 4.78 is 5.69. The lowest BCUT2D eigenvalue weighted by molar-refractivity contribution is 0.306. The van der Waals surface area contributed by atoms with Gasteiger partial charge in [0.15, 0.2) is 0 Å². The van der Waals surface area contributed by atoms with Gasteiger partial charge in [0.1, 0.15) is 5.75 Å². The monoisotopic (exact) mass is 278 g/mol. The molecule has 0 bridgehead atoms. The molecule has 0 aliphatic carbocycles. The summed E-state index contributed by atoms with van der Waals surface area (Å²) in [6, 6.07) is 8.35. The first-order valence-corrected chi connectivity index (χ1v) is 7.84. The molecule has 0 heterocycles. The van der Waals surface area contributed by atoms with Crippen LogP contribution in [0, 0.1) is 5.92 Å². The zero-order valence-corrected chi connectivity index (χ0v) is 13.2. The van der Waals surface area contributed by atoms with Crippen LogP contribution in [0.5, 0.6) is 5.75 Å². The van der Waals surface area contributed by atoms with Crippen LogP contribution in [0.2, 0.25) is 0 Å². The van der Waals surface area contributed by atoms with Crippen molar-refractivity contribution in [3.63, 3.8) is 0 Å². The summed E-state index contributed by atoms with van der Waals surface area (Å²) in [4.78, 5) is 0. The van der Waals surface area contributed by atoms with E-state index in [4.69, 9.17) is 10.5 Å². The number of ether oxygens (including phenoxy) is 1. The van der Waals surface area contributed by atoms with Crippen LogP contribution in [0.3, 0.4) is 0 Å². The average Bonchev–Trinajstić information content (AvgIpc) is 2.42. The largest absolute Gasteiger partial charge is 0.494 e. The number of nitrogens with two attached hydrogens (primary N) is 1. The van der Waals surface area contributed by atoms with E-state index >= 15 is 0 Å². The molecular weight excluding hydrogens is 248 g/mol. The molecule has 0 fully saturated rings. The van der Waals surface area contributed by atoms with Crippen LogP contribution in [0.4, 0.5) is 5.69 Å². The highest BCUT2D eigenvalue weighted by Gasteiger charge is 2.05. The second-order valence-electron chi connectivity index (χ2n) is 5.85. The van der Waals surface area contributed by atoms with Gasteiger partial charge in [-0.3, -0.25) is 0 Å². The van der Waals surface area contributed by atoms with E-state index in [1.165, 1.54) is 12.8 Å². The lowest BCUT2D eigenvalue weighted by Gasteiger charge is -2.15. The molecule has 1 rings (SSSR count). The summed E-state index contributed by atoms with van der Waals surface area (Å²) in [5, 5.41) is 3.37. The molecular formula is C17H30N2O. The van der Waals surface area contributed by atoms with Gasteiger partial charge in [-0.05, 0) is 43.0 Å². The third kappa shape index (κ3) is 7.39. The van der Waals surface area contributed by atoms with Gasteiger partial charge in [-0.1, -0.05) is 33.6 Å². The molecule has 1 atom stereocenters. The molecule has 1 aromatic carbocycles. The zero-order valence-electron chi connectivity index (χ0n) is 13.2. The number of nitrogens with one attached hydrogen (secondary N) is 1. The van der Waals surface area contributed by atoms with Crippen LogP contribution in [0.1, 0.15) is 46.5 Å². The molecule has 114 valence electrons. The third-order valence-electron chi connectivity index (χ3n) is 3.21. The maximum absolute atomic E-state index is 6.06. The van der Waals surface area contributed by atoms with Gasteiger partial charge in [0.25, 0.3) is 0 Å². The second-order valence-corrected chi connectivity index (χ2v) is 5.85. The molecule has 0 radical (unpaired) electrons. The van der Waals surface area contributed by atoms with E-state index in [0.717, 1.165) is 37.4 Å². The van der Waals surface area contributed by atoms with Gasteiger partial charge in [0, 0.05) is 18.3 Å². The minimum absolute atomic E-state index is 0.208. The first-order chi connectivity index (χ1) is 9.61. The van der Waals surface area contributed by atoms with Crippen molar-refractivity contribution in [2.75, 3.05) is 18.5 Å². The van der Waals surface area contributed by atoms with Crippen molar-refractivity contribution in [3.05, 3.63) is 24.3 Å². The summed E-state index contributed by atoms with van der Waals surface area (Å²) in [6.45, 7) is 8.22. The Bertz CT molecular complexity index is 349. The quantitative estimate of drug-likeness (QED) is 0.635. The second kappa shape index (κ2) is 9.65. The highest BCUT2D eigenvalue weighted by molar-refractivity contribution is 5.46. The molecule has 0 aliphatic rings. The third-order valence-corrected chi connectivity index (χ3v) is 3.21. The molecule has 1 unspecified atom stereocenters. The highest BCUT2D eigenvalue weighted by atomic mass is 16.5. The fraction of sp³-hybridized carbons (Fsp3) is 0.647. The van der Waals surface area contributed by atoms with E-state index in [-0.39, 0.29) is 6.04 Å². The van der Waals surface area contributed by atoms with Crippen LogP contribution in [-0.4, -0.2) is 19.2 Å². The Kier molecular flexibility index (Phi) is 8.12. The van der Waals surface area contributed by atoms with E-state index in [1.807, 2.05) is 12.1 Å². The van der Waals surface area contributed by atoms with Crippen LogP contribution >= 0.6 is 0 Å². The topological polar surface area (TPSA) is 47.3 Å². The Morgan fingerprint density at radius 2 is 1.85 bits per heavy atom. The van der Waals surface area contributed by atoms with Crippen LogP contribution < -0.4 is 15.8 Å². The summed E-state index contributed by atoms with van der Waals surface area (Å²) >= 11 is 0. The van der Waals surface area contributed by atoms with Crippen LogP contribution in [0.25, 0.3) is 0 Å². The normalized spacial score (nSPS) is 12.4. The summed E-state index contributed by atoms with van der Waals surface area (Å²) in [7, 11) is 0. The predicted octanol–water partition coefficient (Wildman–Crippen LogP) is 4.04. The fourth-order valence-electron chi connectivity index (χ4n) is 2.15. The smallest absolute Gasteiger partial charge is 0.119 e. The van der Waals surface area contributed by atoms with Crippen molar-refractivity contribution >= 4 is 5.69 Å². The number of hydrogen-bond acceptors (Lipinski definition) is 3. The molecule has 0 spiro atoms. The molecule has 0 saturated carbocycles. The highest BCUT2D eigenvalue weighted by Crippen LogP contribution is 2.16. The molecule has 3 N–H and O–H groups in total. The van der Waals surface area contributed by atoms with Crippen molar-refractivity contribution in [1.29, 1.82) is 0 Å². The number of hydrogen-bond donors (Lipinski definition) is 2. The van der Waals surface area contributed by atoms with E-state index in [0.29, 0.717) is 5.92 Å². The SMILES string of the molecule is CCCCCOc1ccc(NCC(N)CC(C)C)cc1. The number of unbranched alkanes of at least 4 members (excludes halogenated alkanes) is 2. The molecule has 20 heavy (non-hydrogen) atoms. The number of benzene rings is 1. The lowest BCUT2D eigenvalue weighted by atomic mass is 10.0. The molecule has 3 heteroatoms. The minimum atomic E-state index is 0.208. The first-order valence-electron chi connectivity index (χ1n) is 7.84. The molecule has 0 aromatic heterocycles. The maximum atomic E-state index is 6.06. The molecule has 0 aliphatic heterocycles. The van der Waals surface area contributed by atoms with Gasteiger partial charge in [-0.25, -0.2) is 0 Å². The van der Waals surface area contributed by atoms with Crippen molar-refractivity contribution in [2.45, 2.75) is 52.5 Å². The van der Waals surface area contributed by atoms with E-state index in [9.17, 15) is 0 Å². The van der Waals surface area contributed by atoms with E-state index < -0.39 is 0 Å². The molecule has 3 nitrogen and oxygen atoms in total. The number of rotatable bonds is 10. The average molecular weight is 278 g/mol. The molecule has 0 saturated heterocycles. The van der Waals surface area contributed by atoms with Gasteiger partial charge in [-0.15, -0.1) is 0 Å². The Hall–Kier alpha value is -1.22. The van der Waals surface area contributed by atoms with Crippen molar-refractivity contribution < 1.29 is 4.74 Å². The summed E-state index contributed by atoms with van der Waals surface area (Å²) in [6.07, 6.45) is 4.63. The first kappa shape index (κ1) is 16.8. The van der Waals surface area contributed by atoms with Gasteiger partial charge >= 0.3 is 0 Å². The standard InChI is InChI=1S/C17H30N2O/c1-4-5-6-11-20-17-9-7-16(8-10-17)19-13-15(18)12-14(2)3/h7-10,14-15,19H,4-6,11-13,18H2,1-3H3. The van der Waals surface area contributed by atoms with Gasteiger partial charge in [0.05, 0.1) is 6.61 Å².